The number of nitrogens with one attached hydrogen (secondary N) is 1. The molecule has 12 heavy (non-hydrogen) atoms. The molecule has 1 rings (SSSR count). The van der Waals surface area contributed by atoms with Gasteiger partial charge in [0.25, 0.3) is 0 Å². The largest absolute Gasteiger partial charge is 0.354 e. The first-order valence-corrected chi connectivity index (χ1v) is 5.00. The molecule has 2 nitrogen and oxygen atoms in total. The molecule has 0 aromatic carbocycles. The Morgan fingerprint density at radius 1 is 1.75 bits per heavy atom. The van der Waals surface area contributed by atoms with E-state index in [0.29, 0.717) is 12.5 Å². The summed E-state index contributed by atoms with van der Waals surface area (Å²) >= 11 is 5.86. The molecule has 0 radical (unpaired) electrons. The molecule has 1 aliphatic carbocycles. The summed E-state index contributed by atoms with van der Waals surface area (Å²) in [7, 11) is 0. The fourth-order valence-corrected chi connectivity index (χ4v) is 1.25. The van der Waals surface area contributed by atoms with Gasteiger partial charge in [-0.05, 0) is 18.8 Å². The highest BCUT2D eigenvalue weighted by Crippen LogP contribution is 2.37. The van der Waals surface area contributed by atoms with Gasteiger partial charge in [-0.2, -0.15) is 0 Å². The number of carbonyl (C=O) groups excluding carboxylic acids is 1. The van der Waals surface area contributed by atoms with Crippen molar-refractivity contribution in [2.45, 2.75) is 32.1 Å². The predicted octanol–water partition coefficient (Wildman–Crippen LogP) is 1.78. The Kier molecular flexibility index (Phi) is 3.39. The molecule has 70 valence electrons. The molecule has 3 unspecified atom stereocenters. The van der Waals surface area contributed by atoms with Gasteiger partial charge in [-0.1, -0.05) is 13.8 Å². The van der Waals surface area contributed by atoms with Crippen LogP contribution in [0.25, 0.3) is 0 Å². The summed E-state index contributed by atoms with van der Waals surface area (Å²) in [6.45, 7) is 4.73. The quantitative estimate of drug-likeness (QED) is 0.672. The van der Waals surface area contributed by atoms with Crippen molar-refractivity contribution in [3.8, 4) is 0 Å². The molecule has 0 bridgehead atoms. The van der Waals surface area contributed by atoms with E-state index < -0.39 is 0 Å². The lowest BCUT2D eigenvalue weighted by Gasteiger charge is -2.07. The summed E-state index contributed by atoms with van der Waals surface area (Å²) in [6, 6.07) is 0. The molecule has 1 aliphatic rings. The van der Waals surface area contributed by atoms with Crippen LogP contribution in [-0.2, 0) is 4.79 Å². The minimum atomic E-state index is 0.0861. The molecule has 0 spiro atoms. The maximum absolute atomic E-state index is 11.3. The first-order valence-electron chi connectivity index (χ1n) is 4.57. The third kappa shape index (κ3) is 2.67. The van der Waals surface area contributed by atoms with Gasteiger partial charge in [-0.3, -0.25) is 4.79 Å². The van der Waals surface area contributed by atoms with Crippen molar-refractivity contribution in [3.05, 3.63) is 0 Å². The molecule has 1 N–H and O–H groups in total. The van der Waals surface area contributed by atoms with Crippen LogP contribution in [0.5, 0.6) is 0 Å². The summed E-state index contributed by atoms with van der Waals surface area (Å²) in [5, 5.41) is 2.94. The van der Waals surface area contributed by atoms with Gasteiger partial charge >= 0.3 is 0 Å². The van der Waals surface area contributed by atoms with Crippen molar-refractivity contribution in [1.29, 1.82) is 0 Å². The van der Waals surface area contributed by atoms with E-state index in [1.807, 2.05) is 6.92 Å². The molecule has 3 heteroatoms. The third-order valence-corrected chi connectivity index (χ3v) is 2.85. The first kappa shape index (κ1) is 9.85. The van der Waals surface area contributed by atoms with Crippen molar-refractivity contribution in [1.82, 2.24) is 5.32 Å². The molecule has 1 saturated carbocycles. The Morgan fingerprint density at radius 2 is 2.33 bits per heavy atom. The van der Waals surface area contributed by atoms with Gasteiger partial charge in [-0.25, -0.2) is 0 Å². The smallest absolute Gasteiger partial charge is 0.223 e. The van der Waals surface area contributed by atoms with E-state index in [-0.39, 0.29) is 17.2 Å². The normalized spacial score (nSPS) is 29.6. The van der Waals surface area contributed by atoms with Crippen LogP contribution in [0.1, 0.15) is 26.7 Å². The average molecular weight is 190 g/mol. The molecule has 0 aliphatic heterocycles. The van der Waals surface area contributed by atoms with E-state index >= 15 is 0 Å². The SMILES string of the molecule is CCC(Cl)CNC(=O)C1CC1C. The Bertz CT molecular complexity index is 172. The van der Waals surface area contributed by atoms with Crippen LogP contribution in [0.4, 0.5) is 0 Å². The van der Waals surface area contributed by atoms with Crippen molar-refractivity contribution in [2.24, 2.45) is 11.8 Å². The minimum absolute atomic E-state index is 0.0861. The number of rotatable bonds is 4. The van der Waals surface area contributed by atoms with Crippen molar-refractivity contribution < 1.29 is 4.79 Å². The van der Waals surface area contributed by atoms with Crippen molar-refractivity contribution in [3.63, 3.8) is 0 Å². The summed E-state index contributed by atoms with van der Waals surface area (Å²) in [4.78, 5) is 11.3. The molecule has 0 saturated heterocycles. The fraction of sp³-hybridized carbons (Fsp3) is 0.889. The Balaban J connectivity index is 2.11. The molecule has 1 amide bonds. The monoisotopic (exact) mass is 189 g/mol. The van der Waals surface area contributed by atoms with Crippen LogP contribution in [0.15, 0.2) is 0 Å². The lowest BCUT2D eigenvalue weighted by molar-refractivity contribution is -0.122. The Hall–Kier alpha value is -0.240. The van der Waals surface area contributed by atoms with Gasteiger partial charge in [0, 0.05) is 12.5 Å². The van der Waals surface area contributed by atoms with Gasteiger partial charge in [0.15, 0.2) is 0 Å². The Morgan fingerprint density at radius 3 is 2.75 bits per heavy atom. The van der Waals surface area contributed by atoms with Crippen molar-refractivity contribution >= 4 is 17.5 Å². The summed E-state index contributed by atoms with van der Waals surface area (Å²) in [6.07, 6.45) is 1.95. The van der Waals surface area contributed by atoms with Crippen molar-refractivity contribution in [2.75, 3.05) is 6.54 Å². The fourth-order valence-electron chi connectivity index (χ4n) is 1.17. The number of amides is 1. The van der Waals surface area contributed by atoms with Crippen LogP contribution < -0.4 is 5.32 Å². The van der Waals surface area contributed by atoms with E-state index in [1.54, 1.807) is 0 Å². The van der Waals surface area contributed by atoms with Gasteiger partial charge in [0.1, 0.15) is 0 Å². The van der Waals surface area contributed by atoms with Crippen LogP contribution in [0.3, 0.4) is 0 Å². The molecular formula is C9H16ClNO. The number of hydrogen-bond donors (Lipinski definition) is 1. The van der Waals surface area contributed by atoms with E-state index in [0.717, 1.165) is 12.8 Å². The lowest BCUT2D eigenvalue weighted by atomic mass is 10.3. The lowest BCUT2D eigenvalue weighted by Crippen LogP contribution is -2.30. The zero-order valence-electron chi connectivity index (χ0n) is 7.64. The van der Waals surface area contributed by atoms with Crippen LogP contribution >= 0.6 is 11.6 Å². The maximum atomic E-state index is 11.3. The highest BCUT2D eigenvalue weighted by Gasteiger charge is 2.38. The highest BCUT2D eigenvalue weighted by molar-refractivity contribution is 6.20. The standard InChI is InChI=1S/C9H16ClNO/c1-3-7(10)5-11-9(12)8-4-6(8)2/h6-8H,3-5H2,1-2H3,(H,11,12). The second-order valence-electron chi connectivity index (χ2n) is 3.57. The summed E-state index contributed by atoms with van der Waals surface area (Å²) in [5.41, 5.74) is 0. The summed E-state index contributed by atoms with van der Waals surface area (Å²) < 4.78 is 0. The number of halogens is 1. The highest BCUT2D eigenvalue weighted by atomic mass is 35.5. The van der Waals surface area contributed by atoms with Crippen LogP contribution in [0.2, 0.25) is 0 Å². The molecule has 3 atom stereocenters. The van der Waals surface area contributed by atoms with Crippen LogP contribution in [-0.4, -0.2) is 17.8 Å². The van der Waals surface area contributed by atoms with E-state index in [4.69, 9.17) is 11.6 Å². The molecule has 0 aromatic rings. The van der Waals surface area contributed by atoms with Gasteiger partial charge in [-0.15, -0.1) is 11.6 Å². The predicted molar refractivity (Wildman–Crippen MR) is 50.2 cm³/mol. The van der Waals surface area contributed by atoms with Gasteiger partial charge < -0.3 is 5.32 Å². The number of alkyl halides is 1. The van der Waals surface area contributed by atoms with E-state index in [9.17, 15) is 4.79 Å². The molecule has 0 heterocycles. The van der Waals surface area contributed by atoms with Gasteiger partial charge in [0.2, 0.25) is 5.91 Å². The maximum Gasteiger partial charge on any atom is 0.223 e. The topological polar surface area (TPSA) is 29.1 Å². The number of hydrogen-bond acceptors (Lipinski definition) is 1. The second kappa shape index (κ2) is 4.13. The zero-order valence-corrected chi connectivity index (χ0v) is 8.40. The Labute approximate surface area is 78.7 Å². The first-order chi connectivity index (χ1) is 5.65. The van der Waals surface area contributed by atoms with E-state index in [1.165, 1.54) is 0 Å². The van der Waals surface area contributed by atoms with Crippen LogP contribution in [0, 0.1) is 11.8 Å². The third-order valence-electron chi connectivity index (χ3n) is 2.39. The molecular weight excluding hydrogens is 174 g/mol. The average Bonchev–Trinajstić information content (AvgIpc) is 2.77. The molecule has 0 aromatic heterocycles. The van der Waals surface area contributed by atoms with E-state index in [2.05, 4.69) is 12.2 Å². The second-order valence-corrected chi connectivity index (χ2v) is 4.19. The molecule has 1 fully saturated rings. The van der Waals surface area contributed by atoms with Gasteiger partial charge in [0.05, 0.1) is 5.38 Å². The zero-order chi connectivity index (χ0) is 9.14. The number of carbonyl (C=O) groups is 1. The minimum Gasteiger partial charge on any atom is -0.354 e. The summed E-state index contributed by atoms with van der Waals surface area (Å²) in [5.74, 6) is 1.03.